The van der Waals surface area contributed by atoms with Crippen molar-refractivity contribution in [2.24, 2.45) is 15.9 Å². The van der Waals surface area contributed by atoms with E-state index in [4.69, 9.17) is 0 Å². The molecule has 34 heavy (non-hydrogen) atoms. The molecule has 0 amide bonds. The van der Waals surface area contributed by atoms with Gasteiger partial charge in [0.2, 0.25) is 0 Å². The van der Waals surface area contributed by atoms with Crippen LogP contribution in [0.25, 0.3) is 0 Å². The number of aliphatic imine (C=N–C) groups is 2. The van der Waals surface area contributed by atoms with Gasteiger partial charge in [-0.1, -0.05) is 18.2 Å². The molecule has 2 aliphatic carbocycles. The Hall–Kier alpha value is -2.36. The number of fused-ring (bicyclic) bond motifs is 1. The number of likely N-dealkylation sites (tertiary alicyclic amines) is 1. The summed E-state index contributed by atoms with van der Waals surface area (Å²) in [7, 11) is 0. The highest BCUT2D eigenvalue weighted by atomic mass is 19.4. The zero-order valence-corrected chi connectivity index (χ0v) is 19.1. The van der Waals surface area contributed by atoms with Crippen molar-refractivity contribution in [1.29, 1.82) is 0 Å². The van der Waals surface area contributed by atoms with Crippen molar-refractivity contribution in [2.75, 3.05) is 19.6 Å². The Morgan fingerprint density at radius 1 is 1.06 bits per heavy atom. The molecule has 4 fully saturated rings. The molecule has 6 nitrogen and oxygen atoms in total. The first-order chi connectivity index (χ1) is 16.3. The largest absolute Gasteiger partial charge is 0.573 e. The van der Waals surface area contributed by atoms with Crippen molar-refractivity contribution in [3.05, 3.63) is 29.8 Å². The van der Waals surface area contributed by atoms with Gasteiger partial charge >= 0.3 is 6.36 Å². The number of amidine groups is 1. The van der Waals surface area contributed by atoms with Crippen molar-refractivity contribution < 1.29 is 22.3 Å². The van der Waals surface area contributed by atoms with Gasteiger partial charge in [-0.2, -0.15) is 0 Å². The number of alkyl halides is 4. The molecule has 2 aliphatic heterocycles. The van der Waals surface area contributed by atoms with Gasteiger partial charge in [0.15, 0.2) is 11.6 Å². The van der Waals surface area contributed by atoms with E-state index in [0.29, 0.717) is 30.9 Å². The molecule has 2 N–H and O–H groups in total. The number of rotatable bonds is 6. The summed E-state index contributed by atoms with van der Waals surface area (Å²) < 4.78 is 57.2. The van der Waals surface area contributed by atoms with E-state index >= 15 is 4.39 Å². The van der Waals surface area contributed by atoms with Crippen LogP contribution in [0, 0.1) is 5.92 Å². The van der Waals surface area contributed by atoms with E-state index in [0.717, 1.165) is 12.8 Å². The van der Waals surface area contributed by atoms with Gasteiger partial charge in [-0.05, 0) is 63.6 Å². The third-order valence-corrected chi connectivity index (χ3v) is 7.42. The van der Waals surface area contributed by atoms with Gasteiger partial charge in [-0.25, -0.2) is 9.38 Å². The summed E-state index contributed by atoms with van der Waals surface area (Å²) in [6, 6.07) is 6.16. The standard InChI is InChI=1S/C24H31F4N5O/c25-23-13-20(23)31-22(30-15-17-5-1-2-6-19(17)34-24(26,27)28)32-21(23)29-14-16-7-9-18(10-8-16)33-11-3-4-12-33/h1-2,5-6,16,18,20H,3-4,7-15H2,(H2,29,30,31,32). The van der Waals surface area contributed by atoms with Crippen LogP contribution < -0.4 is 15.4 Å². The molecule has 2 atom stereocenters. The number of halogens is 4. The van der Waals surface area contributed by atoms with Crippen molar-refractivity contribution in [3.8, 4) is 5.75 Å². The molecule has 2 saturated heterocycles. The minimum Gasteiger partial charge on any atom is -0.405 e. The maximum Gasteiger partial charge on any atom is 0.573 e. The third-order valence-electron chi connectivity index (χ3n) is 7.42. The Morgan fingerprint density at radius 2 is 1.79 bits per heavy atom. The van der Waals surface area contributed by atoms with E-state index in [1.54, 1.807) is 6.07 Å². The quantitative estimate of drug-likeness (QED) is 0.599. The third kappa shape index (κ3) is 5.31. The Bertz CT molecular complexity index is 938. The number of benzene rings is 1. The SMILES string of the molecule is FC(F)(F)Oc1ccccc1CN=C1NC(=NCC2CCC(N3CCCC3)CC2)C2(F)CC2N1. The summed E-state index contributed by atoms with van der Waals surface area (Å²) in [4.78, 5) is 11.6. The lowest BCUT2D eigenvalue weighted by atomic mass is 9.85. The maximum atomic E-state index is 15.2. The zero-order chi connectivity index (χ0) is 23.8. The lowest BCUT2D eigenvalue weighted by molar-refractivity contribution is -0.274. The first-order valence-corrected chi connectivity index (χ1v) is 12.2. The number of para-hydroxylation sites is 1. The Balaban J connectivity index is 1.19. The average Bonchev–Trinajstić information content (AvgIpc) is 3.20. The average molecular weight is 482 g/mol. The summed E-state index contributed by atoms with van der Waals surface area (Å²) >= 11 is 0. The van der Waals surface area contributed by atoms with Gasteiger partial charge in [-0.15, -0.1) is 13.2 Å². The molecule has 2 heterocycles. The minimum atomic E-state index is -4.78. The molecule has 0 radical (unpaired) electrons. The van der Waals surface area contributed by atoms with E-state index in [9.17, 15) is 13.2 Å². The van der Waals surface area contributed by atoms with Crippen LogP contribution in [0.4, 0.5) is 17.6 Å². The smallest absolute Gasteiger partial charge is 0.405 e. The summed E-state index contributed by atoms with van der Waals surface area (Å²) in [5.41, 5.74) is -1.22. The predicted molar refractivity (Wildman–Crippen MR) is 122 cm³/mol. The summed E-state index contributed by atoms with van der Waals surface area (Å²) in [6.07, 6.45) is 2.72. The van der Waals surface area contributed by atoms with Crippen LogP contribution in [-0.2, 0) is 6.54 Å². The molecule has 2 unspecified atom stereocenters. The number of ether oxygens (including phenoxy) is 1. The molecule has 0 bridgehead atoms. The van der Waals surface area contributed by atoms with Crippen LogP contribution >= 0.6 is 0 Å². The highest BCUT2D eigenvalue weighted by Gasteiger charge is 2.63. The van der Waals surface area contributed by atoms with Crippen LogP contribution in [0.15, 0.2) is 34.3 Å². The number of nitrogens with one attached hydrogen (secondary N) is 2. The van der Waals surface area contributed by atoms with Gasteiger partial charge in [0.25, 0.3) is 0 Å². The molecule has 2 saturated carbocycles. The zero-order valence-electron chi connectivity index (χ0n) is 19.1. The van der Waals surface area contributed by atoms with Crippen molar-refractivity contribution in [3.63, 3.8) is 0 Å². The highest BCUT2D eigenvalue weighted by molar-refractivity contribution is 6.09. The summed E-state index contributed by atoms with van der Waals surface area (Å²) in [5.74, 6) is 0.779. The van der Waals surface area contributed by atoms with E-state index in [2.05, 4.69) is 30.3 Å². The number of nitrogens with zero attached hydrogens (tertiary/aromatic N) is 3. The molecule has 186 valence electrons. The molecular formula is C24H31F4N5O. The van der Waals surface area contributed by atoms with Crippen LogP contribution in [0.1, 0.15) is 50.5 Å². The molecule has 10 heteroatoms. The van der Waals surface area contributed by atoms with Gasteiger partial charge in [0.05, 0.1) is 12.6 Å². The fraction of sp³-hybridized carbons (Fsp3) is 0.667. The van der Waals surface area contributed by atoms with Gasteiger partial charge < -0.3 is 20.3 Å². The number of hydrogen-bond acceptors (Lipinski definition) is 4. The first-order valence-electron chi connectivity index (χ1n) is 12.2. The monoisotopic (exact) mass is 481 g/mol. The van der Waals surface area contributed by atoms with Crippen molar-refractivity contribution in [2.45, 2.75) is 75.6 Å². The number of guanidine groups is 1. The topological polar surface area (TPSA) is 61.2 Å². The second-order valence-electron chi connectivity index (χ2n) is 9.82. The normalized spacial score (nSPS) is 33.9. The van der Waals surface area contributed by atoms with Gasteiger partial charge in [0, 0.05) is 24.6 Å². The number of hydrogen-bond donors (Lipinski definition) is 2. The van der Waals surface area contributed by atoms with Crippen LogP contribution in [0.2, 0.25) is 0 Å². The van der Waals surface area contributed by atoms with E-state index in [1.807, 2.05) is 0 Å². The predicted octanol–water partition coefficient (Wildman–Crippen LogP) is 4.17. The lowest BCUT2D eigenvalue weighted by Gasteiger charge is -2.34. The highest BCUT2D eigenvalue weighted by Crippen LogP contribution is 2.43. The molecule has 0 aromatic heterocycles. The van der Waals surface area contributed by atoms with Crippen molar-refractivity contribution in [1.82, 2.24) is 15.5 Å². The molecule has 5 rings (SSSR count). The molecule has 1 aromatic carbocycles. The van der Waals surface area contributed by atoms with E-state index < -0.39 is 18.1 Å². The minimum absolute atomic E-state index is 0.0403. The Morgan fingerprint density at radius 3 is 2.53 bits per heavy atom. The molecule has 4 aliphatic rings. The van der Waals surface area contributed by atoms with Crippen LogP contribution in [0.3, 0.4) is 0 Å². The second kappa shape index (κ2) is 9.36. The van der Waals surface area contributed by atoms with Gasteiger partial charge in [-0.3, -0.25) is 4.99 Å². The van der Waals surface area contributed by atoms with Crippen LogP contribution in [-0.4, -0.2) is 60.4 Å². The molecule has 0 spiro atoms. The lowest BCUT2D eigenvalue weighted by Crippen LogP contribution is -2.54. The van der Waals surface area contributed by atoms with E-state index in [-0.39, 0.29) is 23.7 Å². The second-order valence-corrected chi connectivity index (χ2v) is 9.82. The fourth-order valence-corrected chi connectivity index (χ4v) is 5.38. The fourth-order valence-electron chi connectivity index (χ4n) is 5.38. The molecular weight excluding hydrogens is 450 g/mol. The van der Waals surface area contributed by atoms with Gasteiger partial charge in [0.1, 0.15) is 11.6 Å². The van der Waals surface area contributed by atoms with Crippen molar-refractivity contribution >= 4 is 11.8 Å². The Labute approximate surface area is 196 Å². The Kier molecular flexibility index (Phi) is 6.43. The first kappa shape index (κ1) is 23.4. The van der Waals surface area contributed by atoms with Crippen LogP contribution in [0.5, 0.6) is 5.75 Å². The summed E-state index contributed by atoms with van der Waals surface area (Å²) in [6.45, 7) is 2.98. The maximum absolute atomic E-state index is 15.2. The molecule has 1 aromatic rings. The van der Waals surface area contributed by atoms with E-state index in [1.165, 1.54) is 57.0 Å². The summed E-state index contributed by atoms with van der Waals surface area (Å²) in [5, 5.41) is 5.95.